The maximum absolute atomic E-state index is 12.4. The predicted octanol–water partition coefficient (Wildman–Crippen LogP) is 35.7. The van der Waals surface area contributed by atoms with Crippen LogP contribution < -0.4 is 36.0 Å². The molecular formula is C138H107BN8. The van der Waals surface area contributed by atoms with Crippen molar-refractivity contribution in [3.8, 4) is 67.3 Å². The van der Waals surface area contributed by atoms with Crippen molar-refractivity contribution in [2.45, 2.75) is 78.6 Å². The Hall–Kier alpha value is -17.9. The molecule has 25 aromatic rings. The van der Waals surface area contributed by atoms with Crippen LogP contribution in [0.15, 0.2) is 485 Å². The SMILES string of the molecule is [2H]c1c([2H])c(-n2c3c([2H])c([2H])c([2H])c([2H])c3c3c([2H])c(N(c4ccccc4)c4ccc(N(c5ccccc5)c5ccccc5)cc4)c([2H])c([2H])c32)c([2H])c2c1B1c3c(cc(C(C)(C)C)cc3N(c3c(-c4ccccc4)cc(C(C)(C)C)cc3-c3ccccc3)c3c([2H])c(-n4c5c([2H])c([2H])c([2H])c([2H])c5c5c([2H])c(-n6c7ccccc7c7cc(-n8c9ccccc9c9ccccc98)ccc76)c([2H])c([2H])c54)c([2H])c([2H])c31)N2c1c(-c2ccccc2)cc(C(C)(C)C)cc1-c1ccccc1. The first kappa shape index (κ1) is 69.1. The van der Waals surface area contributed by atoms with E-state index in [0.29, 0.717) is 101 Å². The fourth-order valence-electron chi connectivity index (χ4n) is 22.2. The molecule has 27 rings (SSSR count). The number of benzene rings is 21. The molecule has 2 aliphatic heterocycles. The van der Waals surface area contributed by atoms with Crippen LogP contribution in [0.5, 0.6) is 0 Å². The Morgan fingerprint density at radius 1 is 0.218 bits per heavy atom. The second-order valence-electron chi connectivity index (χ2n) is 41.2. The normalized spacial score (nSPS) is 14.5. The van der Waals surface area contributed by atoms with Crippen LogP contribution in [-0.2, 0) is 16.2 Å². The standard InChI is InChI=1S/C138H107BN8/c1-136(2,3)94-79-112(90-41-17-10-18-42-90)134(113(80-94)91-43-19-11-20-44-91)146-129-88-105(144-124-63-39-34-57-109(124)116-85-102(71-76-127(116)144)141(99-53-29-16-30-54-99)101-67-65-100(66-68-101)140(97-49-25-14-26-50-97)98-51-27-15-28-52-98)69-74-119(129)139-120-75-70-106(89-130(120)147(132-84-96(138(7,8)9)83-131(146)133(132)139)135-114(92-45-21-12-22-46-92)81-95(137(4,5)6)82-115(135)93-47-23-13-24-48-93)145-125-64-40-35-59-111(125)118-87-104(73-78-128(118)145)143-123-62-38-33-58-110(123)117-86-103(72-77-126(117)143)142-121-60-36-31-55-107(121)108-56-32-37-61-122(108)142/h10-89H,1-9H3/i34D,35D,39D,40D,57D,59D,63D,64D,69D,70D,71D,73D,74D,75D,76D,78D,85D,87D,88D,89D. The first-order valence-corrected chi connectivity index (χ1v) is 49.9. The summed E-state index contributed by atoms with van der Waals surface area (Å²) in [6, 6.07) is 105. The van der Waals surface area contributed by atoms with E-state index in [2.05, 4.69) is 126 Å². The van der Waals surface area contributed by atoms with Crippen molar-refractivity contribution in [1.82, 2.24) is 18.3 Å². The molecule has 0 bridgehead atoms. The maximum Gasteiger partial charge on any atom is 0.252 e. The van der Waals surface area contributed by atoms with Gasteiger partial charge in [-0.25, -0.2) is 0 Å². The molecule has 0 fully saturated rings. The van der Waals surface area contributed by atoms with Crippen LogP contribution in [0.2, 0.25) is 0 Å². The molecule has 0 unspecified atom stereocenters. The molecule has 8 nitrogen and oxygen atoms in total. The number of para-hydroxylation sites is 8. The number of nitrogens with zero attached hydrogens (tertiary/aromatic N) is 8. The van der Waals surface area contributed by atoms with Gasteiger partial charge in [-0.05, 0) is 278 Å². The van der Waals surface area contributed by atoms with Crippen molar-refractivity contribution in [3.63, 3.8) is 0 Å². The minimum Gasteiger partial charge on any atom is -0.311 e. The highest BCUT2D eigenvalue weighted by Gasteiger charge is 2.47. The van der Waals surface area contributed by atoms with Gasteiger partial charge in [0.1, 0.15) is 0 Å². The molecule has 0 atom stereocenters. The van der Waals surface area contributed by atoms with E-state index >= 15 is 0 Å². The molecule has 0 radical (unpaired) electrons. The molecule has 0 aliphatic carbocycles. The van der Waals surface area contributed by atoms with Gasteiger partial charge in [0.25, 0.3) is 6.71 Å². The molecule has 147 heavy (non-hydrogen) atoms. The van der Waals surface area contributed by atoms with Crippen LogP contribution in [-0.4, -0.2) is 25.0 Å². The first-order valence-electron chi connectivity index (χ1n) is 59.9. The van der Waals surface area contributed by atoms with Gasteiger partial charge in [0, 0.05) is 145 Å². The third kappa shape index (κ3) is 14.6. The monoisotopic (exact) mass is 1910 g/mol. The average molecular weight is 1910 g/mol. The third-order valence-corrected chi connectivity index (χ3v) is 29.2. The lowest BCUT2D eigenvalue weighted by molar-refractivity contribution is 0.590. The summed E-state index contributed by atoms with van der Waals surface area (Å²) in [6.45, 7) is 17.2. The highest BCUT2D eigenvalue weighted by molar-refractivity contribution is 7.00. The van der Waals surface area contributed by atoms with Gasteiger partial charge in [0.05, 0.1) is 82.9 Å². The first-order chi connectivity index (χ1) is 80.2. The number of rotatable bonds is 16. The van der Waals surface area contributed by atoms with Gasteiger partial charge in [-0.3, -0.25) is 0 Å². The van der Waals surface area contributed by atoms with Gasteiger partial charge in [0.2, 0.25) is 0 Å². The lowest BCUT2D eigenvalue weighted by Crippen LogP contribution is -2.61. The Balaban J connectivity index is 0.798. The minimum atomic E-state index is -1.70. The zero-order valence-corrected chi connectivity index (χ0v) is 82.3. The van der Waals surface area contributed by atoms with Crippen LogP contribution in [0.1, 0.15) is 106 Å². The summed E-state index contributed by atoms with van der Waals surface area (Å²) >= 11 is 0. The van der Waals surface area contributed by atoms with E-state index in [1.807, 2.05) is 295 Å². The molecule has 0 saturated heterocycles. The Labute approximate surface area is 886 Å². The summed E-state index contributed by atoms with van der Waals surface area (Å²) in [6.07, 6.45) is 0. The molecular weight excluding hydrogens is 1780 g/mol. The molecule has 6 heterocycles. The fraction of sp³-hybridized carbons (Fsp3) is 0.0870. The topological polar surface area (TPSA) is 32.7 Å². The van der Waals surface area contributed by atoms with Gasteiger partial charge in [-0.15, -0.1) is 0 Å². The Morgan fingerprint density at radius 2 is 0.524 bits per heavy atom. The molecule has 0 amide bonds. The molecule has 4 aromatic heterocycles. The molecule has 0 N–H and O–H groups in total. The van der Waals surface area contributed by atoms with Crippen LogP contribution in [0.3, 0.4) is 0 Å². The van der Waals surface area contributed by atoms with E-state index in [9.17, 15) is 27.4 Å². The van der Waals surface area contributed by atoms with E-state index in [1.54, 1.807) is 33.7 Å². The summed E-state index contributed by atoms with van der Waals surface area (Å²) in [5, 5.41) is 2.44. The maximum atomic E-state index is 12.4. The molecule has 0 saturated carbocycles. The van der Waals surface area contributed by atoms with E-state index < -0.39 is 166 Å². The van der Waals surface area contributed by atoms with Crippen molar-refractivity contribution in [3.05, 3.63) is 502 Å². The van der Waals surface area contributed by atoms with E-state index in [1.165, 1.54) is 9.13 Å². The fourth-order valence-corrected chi connectivity index (χ4v) is 22.2. The number of hydrogen-bond donors (Lipinski definition) is 0. The summed E-state index contributed by atoms with van der Waals surface area (Å²) in [7, 11) is 0. The second-order valence-corrected chi connectivity index (χ2v) is 41.2. The van der Waals surface area contributed by atoms with Crippen molar-refractivity contribution < 1.29 is 27.4 Å². The van der Waals surface area contributed by atoms with Crippen LogP contribution >= 0.6 is 0 Å². The molecule has 21 aromatic carbocycles. The molecule has 2 aliphatic rings. The third-order valence-electron chi connectivity index (χ3n) is 29.2. The summed E-state index contributed by atoms with van der Waals surface area (Å²) in [5.74, 6) is 0. The van der Waals surface area contributed by atoms with Gasteiger partial charge < -0.3 is 37.9 Å². The van der Waals surface area contributed by atoms with Crippen LogP contribution in [0.25, 0.3) is 154 Å². The van der Waals surface area contributed by atoms with E-state index in [4.69, 9.17) is 0 Å². The number of anilines is 12. The number of hydrogen-bond acceptors (Lipinski definition) is 4. The van der Waals surface area contributed by atoms with E-state index in [-0.39, 0.29) is 66.3 Å². The van der Waals surface area contributed by atoms with Crippen molar-refractivity contribution in [1.29, 1.82) is 0 Å². The smallest absolute Gasteiger partial charge is 0.252 e. The quantitative estimate of drug-likeness (QED) is 0.0903. The van der Waals surface area contributed by atoms with Crippen LogP contribution in [0, 0.1) is 0 Å². The Kier molecular flexibility index (Phi) is 16.2. The summed E-state index contributed by atoms with van der Waals surface area (Å²) < 4.78 is 226. The minimum absolute atomic E-state index is 0.125. The zero-order valence-electron chi connectivity index (χ0n) is 102. The summed E-state index contributed by atoms with van der Waals surface area (Å²) in [5.41, 5.74) is 10.8. The molecule has 9 heteroatoms. The Morgan fingerprint density at radius 3 is 0.932 bits per heavy atom. The highest BCUT2D eigenvalue weighted by atomic mass is 15.2. The van der Waals surface area contributed by atoms with Crippen molar-refractivity contribution in [2.24, 2.45) is 0 Å². The van der Waals surface area contributed by atoms with Gasteiger partial charge in [-0.2, -0.15) is 0 Å². The van der Waals surface area contributed by atoms with Gasteiger partial charge in [-0.1, -0.05) is 341 Å². The lowest BCUT2D eigenvalue weighted by Gasteiger charge is -2.47. The van der Waals surface area contributed by atoms with Crippen LogP contribution in [0.4, 0.5) is 68.2 Å². The van der Waals surface area contributed by atoms with E-state index in [0.717, 1.165) is 66.5 Å². The largest absolute Gasteiger partial charge is 0.311 e. The van der Waals surface area contributed by atoms with Crippen molar-refractivity contribution >= 4 is 179 Å². The highest BCUT2D eigenvalue weighted by Crippen LogP contribution is 2.57. The molecule has 702 valence electrons. The van der Waals surface area contributed by atoms with Gasteiger partial charge >= 0.3 is 0 Å². The Bertz CT molecular complexity index is 10600. The lowest BCUT2D eigenvalue weighted by atomic mass is 9.33. The van der Waals surface area contributed by atoms with Crippen molar-refractivity contribution in [2.75, 3.05) is 19.6 Å². The zero-order chi connectivity index (χ0) is 116. The second kappa shape index (κ2) is 34.4. The molecule has 0 spiro atoms. The average Bonchev–Trinajstić information content (AvgIpc) is 1.46. The predicted molar refractivity (Wildman–Crippen MR) is 625 cm³/mol. The summed E-state index contributed by atoms with van der Waals surface area (Å²) in [4.78, 5) is 7.67. The number of aromatic nitrogens is 4. The van der Waals surface area contributed by atoms with Gasteiger partial charge in [0.15, 0.2) is 0 Å². The number of fused-ring (bicyclic) bond motifs is 16.